The molecule has 19 heavy (non-hydrogen) atoms. The summed E-state index contributed by atoms with van der Waals surface area (Å²) in [5.41, 5.74) is 1.77. The van der Waals surface area contributed by atoms with Crippen LogP contribution in [0.5, 0.6) is 11.5 Å². The van der Waals surface area contributed by atoms with Gasteiger partial charge in [0.25, 0.3) is 0 Å². The van der Waals surface area contributed by atoms with Gasteiger partial charge in [0.1, 0.15) is 19.0 Å². The lowest BCUT2D eigenvalue weighted by atomic mass is 10.2. The first-order chi connectivity index (χ1) is 9.22. The van der Waals surface area contributed by atoms with E-state index in [4.69, 9.17) is 19.1 Å². The molecule has 0 atom stereocenters. The minimum absolute atomic E-state index is 0.0296. The zero-order valence-electron chi connectivity index (χ0n) is 11.0. The molecular weight excluding hydrogens is 246 g/mol. The summed E-state index contributed by atoms with van der Waals surface area (Å²) in [5.74, 6) is 2.01. The molecule has 2 rings (SSSR count). The summed E-state index contributed by atoms with van der Waals surface area (Å²) in [6.45, 7) is 4.32. The van der Waals surface area contributed by atoms with Crippen molar-refractivity contribution in [2.24, 2.45) is 0 Å². The molecule has 1 heterocycles. The van der Waals surface area contributed by atoms with E-state index in [0.717, 1.165) is 17.0 Å². The Morgan fingerprint density at radius 3 is 2.42 bits per heavy atom. The van der Waals surface area contributed by atoms with Crippen LogP contribution in [0.2, 0.25) is 0 Å². The SMILES string of the molecule is Cc1noc(C)c1COc1ccccc1OCCO. The zero-order valence-corrected chi connectivity index (χ0v) is 11.0. The molecule has 102 valence electrons. The molecule has 0 saturated heterocycles. The number of hydrogen-bond acceptors (Lipinski definition) is 5. The Labute approximate surface area is 111 Å². The largest absolute Gasteiger partial charge is 0.487 e. The second-order valence-corrected chi connectivity index (χ2v) is 4.11. The van der Waals surface area contributed by atoms with Crippen LogP contribution >= 0.6 is 0 Å². The maximum atomic E-state index is 8.78. The van der Waals surface area contributed by atoms with Crippen molar-refractivity contribution in [2.75, 3.05) is 13.2 Å². The molecule has 0 aliphatic rings. The number of para-hydroxylation sites is 2. The lowest BCUT2D eigenvalue weighted by molar-refractivity contribution is 0.192. The minimum atomic E-state index is -0.0296. The Morgan fingerprint density at radius 1 is 1.16 bits per heavy atom. The molecule has 5 heteroatoms. The first-order valence-electron chi connectivity index (χ1n) is 6.09. The summed E-state index contributed by atoms with van der Waals surface area (Å²) in [6, 6.07) is 7.35. The Bertz CT molecular complexity index is 516. The van der Waals surface area contributed by atoms with Gasteiger partial charge in [-0.3, -0.25) is 0 Å². The highest BCUT2D eigenvalue weighted by molar-refractivity contribution is 5.39. The van der Waals surface area contributed by atoms with Gasteiger partial charge in [-0.15, -0.1) is 0 Å². The molecule has 0 radical (unpaired) electrons. The Morgan fingerprint density at radius 2 is 1.84 bits per heavy atom. The fourth-order valence-electron chi connectivity index (χ4n) is 1.70. The number of aryl methyl sites for hydroxylation is 2. The van der Waals surface area contributed by atoms with Crippen LogP contribution in [0.1, 0.15) is 17.0 Å². The van der Waals surface area contributed by atoms with Gasteiger partial charge in [-0.1, -0.05) is 17.3 Å². The quantitative estimate of drug-likeness (QED) is 0.865. The van der Waals surface area contributed by atoms with Crippen molar-refractivity contribution in [1.29, 1.82) is 0 Å². The zero-order chi connectivity index (χ0) is 13.7. The summed E-state index contributed by atoms with van der Waals surface area (Å²) in [6.07, 6.45) is 0. The van der Waals surface area contributed by atoms with Crippen molar-refractivity contribution < 1.29 is 19.1 Å². The number of aliphatic hydroxyl groups is 1. The summed E-state index contributed by atoms with van der Waals surface area (Å²) >= 11 is 0. The van der Waals surface area contributed by atoms with Crippen LogP contribution in [0.25, 0.3) is 0 Å². The van der Waals surface area contributed by atoms with Crippen LogP contribution in [0, 0.1) is 13.8 Å². The van der Waals surface area contributed by atoms with Gasteiger partial charge in [0.15, 0.2) is 11.5 Å². The average molecular weight is 263 g/mol. The van der Waals surface area contributed by atoms with Crippen molar-refractivity contribution in [3.8, 4) is 11.5 Å². The number of ether oxygens (including phenoxy) is 2. The maximum Gasteiger partial charge on any atom is 0.161 e. The second-order valence-electron chi connectivity index (χ2n) is 4.11. The molecule has 2 aromatic rings. The number of aromatic nitrogens is 1. The van der Waals surface area contributed by atoms with Crippen LogP contribution in [-0.2, 0) is 6.61 Å². The van der Waals surface area contributed by atoms with Gasteiger partial charge in [0.05, 0.1) is 17.9 Å². The van der Waals surface area contributed by atoms with E-state index in [-0.39, 0.29) is 13.2 Å². The van der Waals surface area contributed by atoms with E-state index in [1.807, 2.05) is 32.0 Å². The Kier molecular flexibility index (Phi) is 4.41. The molecule has 0 aliphatic carbocycles. The summed E-state index contributed by atoms with van der Waals surface area (Å²) in [4.78, 5) is 0. The molecular formula is C14H17NO4. The topological polar surface area (TPSA) is 64.7 Å². The van der Waals surface area contributed by atoms with Crippen LogP contribution in [0.15, 0.2) is 28.8 Å². The van der Waals surface area contributed by atoms with Gasteiger partial charge in [0, 0.05) is 0 Å². The molecule has 5 nitrogen and oxygen atoms in total. The lowest BCUT2D eigenvalue weighted by Crippen LogP contribution is -2.04. The van der Waals surface area contributed by atoms with Gasteiger partial charge < -0.3 is 19.1 Å². The van der Waals surface area contributed by atoms with Crippen molar-refractivity contribution in [2.45, 2.75) is 20.5 Å². The monoisotopic (exact) mass is 263 g/mol. The summed E-state index contributed by atoms with van der Waals surface area (Å²) in [7, 11) is 0. The minimum Gasteiger partial charge on any atom is -0.487 e. The highest BCUT2D eigenvalue weighted by Gasteiger charge is 2.11. The smallest absolute Gasteiger partial charge is 0.161 e. The summed E-state index contributed by atoms with van der Waals surface area (Å²) < 4.78 is 16.2. The lowest BCUT2D eigenvalue weighted by Gasteiger charge is -2.11. The summed E-state index contributed by atoms with van der Waals surface area (Å²) in [5, 5.41) is 12.7. The molecule has 0 aliphatic heterocycles. The van der Waals surface area contributed by atoms with Crippen molar-refractivity contribution in [1.82, 2.24) is 5.16 Å². The molecule has 0 spiro atoms. The van der Waals surface area contributed by atoms with Crippen LogP contribution in [0.4, 0.5) is 0 Å². The third-order valence-electron chi connectivity index (χ3n) is 2.75. The number of hydrogen-bond donors (Lipinski definition) is 1. The van der Waals surface area contributed by atoms with Crippen molar-refractivity contribution >= 4 is 0 Å². The molecule has 1 aromatic carbocycles. The molecule has 1 aromatic heterocycles. The van der Waals surface area contributed by atoms with Crippen molar-refractivity contribution in [3.63, 3.8) is 0 Å². The third-order valence-corrected chi connectivity index (χ3v) is 2.75. The molecule has 0 saturated carbocycles. The Hall–Kier alpha value is -2.01. The van der Waals surface area contributed by atoms with Gasteiger partial charge in [0.2, 0.25) is 0 Å². The van der Waals surface area contributed by atoms with Gasteiger partial charge in [-0.25, -0.2) is 0 Å². The van der Waals surface area contributed by atoms with E-state index in [0.29, 0.717) is 18.1 Å². The van der Waals surface area contributed by atoms with E-state index in [1.165, 1.54) is 0 Å². The van der Waals surface area contributed by atoms with E-state index in [2.05, 4.69) is 5.16 Å². The van der Waals surface area contributed by atoms with Gasteiger partial charge in [-0.2, -0.15) is 0 Å². The van der Waals surface area contributed by atoms with Crippen LogP contribution < -0.4 is 9.47 Å². The van der Waals surface area contributed by atoms with Crippen LogP contribution in [0.3, 0.4) is 0 Å². The first kappa shape index (κ1) is 13.4. The second kappa shape index (κ2) is 6.24. The number of benzene rings is 1. The van der Waals surface area contributed by atoms with E-state index < -0.39 is 0 Å². The van der Waals surface area contributed by atoms with E-state index in [9.17, 15) is 0 Å². The molecule has 0 bridgehead atoms. The van der Waals surface area contributed by atoms with Crippen molar-refractivity contribution in [3.05, 3.63) is 41.3 Å². The Balaban J connectivity index is 2.07. The van der Waals surface area contributed by atoms with E-state index >= 15 is 0 Å². The molecule has 0 fully saturated rings. The molecule has 0 amide bonds. The molecule has 0 unspecified atom stereocenters. The van der Waals surface area contributed by atoms with E-state index in [1.54, 1.807) is 6.07 Å². The average Bonchev–Trinajstić information content (AvgIpc) is 2.74. The fraction of sp³-hybridized carbons (Fsp3) is 0.357. The number of rotatable bonds is 6. The van der Waals surface area contributed by atoms with Gasteiger partial charge in [-0.05, 0) is 26.0 Å². The van der Waals surface area contributed by atoms with Crippen LogP contribution in [-0.4, -0.2) is 23.5 Å². The maximum absolute atomic E-state index is 8.78. The predicted molar refractivity (Wildman–Crippen MR) is 69.3 cm³/mol. The molecule has 1 N–H and O–H groups in total. The van der Waals surface area contributed by atoms with Gasteiger partial charge >= 0.3 is 0 Å². The predicted octanol–water partition coefficient (Wildman–Crippen LogP) is 2.24. The number of aliphatic hydroxyl groups excluding tert-OH is 1. The fourth-order valence-corrected chi connectivity index (χ4v) is 1.70. The normalized spacial score (nSPS) is 10.5. The number of nitrogens with zero attached hydrogens (tertiary/aromatic N) is 1. The highest BCUT2D eigenvalue weighted by atomic mass is 16.5. The highest BCUT2D eigenvalue weighted by Crippen LogP contribution is 2.27. The third kappa shape index (κ3) is 3.26. The standard InChI is InChI=1S/C14H17NO4/c1-10-12(11(2)19-15-10)9-18-14-6-4-3-5-13(14)17-8-7-16/h3-6,16H,7-9H2,1-2H3. The first-order valence-corrected chi connectivity index (χ1v) is 6.09.